The summed E-state index contributed by atoms with van der Waals surface area (Å²) in [5.74, 6) is 1.49. The van der Waals surface area contributed by atoms with Crippen LogP contribution in [0, 0.1) is 0 Å². The van der Waals surface area contributed by atoms with E-state index in [1.807, 2.05) is 12.4 Å². The molecule has 1 atom stereocenters. The number of aromatic nitrogens is 5. The van der Waals surface area contributed by atoms with Crippen LogP contribution in [0.15, 0.2) is 49.4 Å². The van der Waals surface area contributed by atoms with Crippen LogP contribution >= 0.6 is 0 Å². The largest absolute Gasteiger partial charge is 0.347 e. The van der Waals surface area contributed by atoms with Gasteiger partial charge in [0.2, 0.25) is 0 Å². The maximum Gasteiger partial charge on any atom is 0.150 e. The number of hydrogen-bond acceptors (Lipinski definition) is 6. The van der Waals surface area contributed by atoms with Gasteiger partial charge in [-0.1, -0.05) is 0 Å². The van der Waals surface area contributed by atoms with Crippen LogP contribution in [0.25, 0.3) is 0 Å². The van der Waals surface area contributed by atoms with Crippen LogP contribution in [0.2, 0.25) is 0 Å². The Morgan fingerprint density at radius 3 is 2.92 bits per heavy atom. The van der Waals surface area contributed by atoms with Crippen LogP contribution in [0.5, 0.6) is 0 Å². The van der Waals surface area contributed by atoms with Gasteiger partial charge in [0.25, 0.3) is 0 Å². The maximum atomic E-state index is 4.39. The molecule has 1 aliphatic rings. The number of hydrogen-bond donors (Lipinski definition) is 2. The Labute approximate surface area is 140 Å². The van der Waals surface area contributed by atoms with Gasteiger partial charge < -0.3 is 10.3 Å². The lowest BCUT2D eigenvalue weighted by Crippen LogP contribution is -2.23. The first kappa shape index (κ1) is 14.8. The van der Waals surface area contributed by atoms with Crippen molar-refractivity contribution in [1.29, 1.82) is 0 Å². The van der Waals surface area contributed by atoms with Gasteiger partial charge in [-0.3, -0.25) is 9.88 Å². The van der Waals surface area contributed by atoms with E-state index >= 15 is 0 Å². The second-order valence-electron chi connectivity index (χ2n) is 5.90. The maximum absolute atomic E-state index is 4.39. The smallest absolute Gasteiger partial charge is 0.150 e. The van der Waals surface area contributed by atoms with Gasteiger partial charge in [0.05, 0.1) is 12.5 Å². The molecule has 3 aromatic heterocycles. The third-order valence-corrected chi connectivity index (χ3v) is 4.28. The van der Waals surface area contributed by atoms with Gasteiger partial charge >= 0.3 is 0 Å². The highest BCUT2D eigenvalue weighted by Gasteiger charge is 2.26. The van der Waals surface area contributed by atoms with Gasteiger partial charge in [0.15, 0.2) is 0 Å². The van der Waals surface area contributed by atoms with Crippen LogP contribution in [0.3, 0.4) is 0 Å². The van der Waals surface area contributed by atoms with E-state index in [2.05, 4.69) is 47.3 Å². The van der Waals surface area contributed by atoms with Gasteiger partial charge in [-0.05, 0) is 37.1 Å². The topological polar surface area (TPSA) is 82.6 Å². The van der Waals surface area contributed by atoms with Gasteiger partial charge in [-0.15, -0.1) is 0 Å². The highest BCUT2D eigenvalue weighted by molar-refractivity contribution is 5.51. The Morgan fingerprint density at radius 1 is 1.12 bits per heavy atom. The standard InChI is InChI=1S/C17H19N7/c1-2-15(24(7-1)11-14-9-19-12-22-14)13-3-4-20-16(8-13)23-17-10-18-5-6-21-17/h3-6,8-10,12,15H,1-2,7,11H2,(H,19,22)(H,20,21,23)/t15-/m1/s1. The van der Waals surface area contributed by atoms with Crippen LogP contribution in [-0.4, -0.2) is 36.4 Å². The van der Waals surface area contributed by atoms with Crippen molar-refractivity contribution in [2.75, 3.05) is 11.9 Å². The van der Waals surface area contributed by atoms with Crippen molar-refractivity contribution in [2.24, 2.45) is 0 Å². The highest BCUT2D eigenvalue weighted by Crippen LogP contribution is 2.33. The van der Waals surface area contributed by atoms with Gasteiger partial charge in [-0.25, -0.2) is 15.0 Å². The Morgan fingerprint density at radius 2 is 2.08 bits per heavy atom. The predicted octanol–water partition coefficient (Wildman–Crippen LogP) is 2.68. The fourth-order valence-corrected chi connectivity index (χ4v) is 3.20. The molecular weight excluding hydrogens is 302 g/mol. The van der Waals surface area contributed by atoms with Crippen molar-refractivity contribution in [3.05, 3.63) is 60.7 Å². The van der Waals surface area contributed by atoms with Gasteiger partial charge in [0.1, 0.15) is 11.6 Å². The van der Waals surface area contributed by atoms with Crippen molar-refractivity contribution in [3.63, 3.8) is 0 Å². The molecule has 7 heteroatoms. The summed E-state index contributed by atoms with van der Waals surface area (Å²) in [6.07, 6.45) is 12.8. The summed E-state index contributed by atoms with van der Waals surface area (Å²) < 4.78 is 0. The van der Waals surface area contributed by atoms with E-state index in [9.17, 15) is 0 Å². The van der Waals surface area contributed by atoms with Gasteiger partial charge in [-0.2, -0.15) is 0 Å². The minimum absolute atomic E-state index is 0.402. The summed E-state index contributed by atoms with van der Waals surface area (Å²) in [6.45, 7) is 1.98. The van der Waals surface area contributed by atoms with Crippen LogP contribution < -0.4 is 5.32 Å². The van der Waals surface area contributed by atoms with E-state index in [1.54, 1.807) is 24.9 Å². The Bertz CT molecular complexity index is 773. The van der Waals surface area contributed by atoms with E-state index in [1.165, 1.54) is 12.0 Å². The second-order valence-corrected chi connectivity index (χ2v) is 5.90. The molecule has 0 bridgehead atoms. The molecule has 3 aromatic rings. The quantitative estimate of drug-likeness (QED) is 0.752. The monoisotopic (exact) mass is 321 g/mol. The Kier molecular flexibility index (Phi) is 4.16. The molecule has 4 heterocycles. The minimum Gasteiger partial charge on any atom is -0.347 e. The van der Waals surface area contributed by atoms with Gasteiger partial charge in [0, 0.05) is 43.1 Å². The van der Waals surface area contributed by atoms with E-state index < -0.39 is 0 Å². The average Bonchev–Trinajstić information content (AvgIpc) is 3.28. The molecule has 1 saturated heterocycles. The summed E-state index contributed by atoms with van der Waals surface area (Å²) in [5.41, 5.74) is 2.42. The Balaban J connectivity index is 1.51. The summed E-state index contributed by atoms with van der Waals surface area (Å²) in [6, 6.07) is 4.60. The normalized spacial score (nSPS) is 17.9. The van der Waals surface area contributed by atoms with E-state index in [4.69, 9.17) is 0 Å². The number of pyridine rings is 1. The number of aromatic amines is 1. The molecule has 0 amide bonds. The number of likely N-dealkylation sites (tertiary alicyclic amines) is 1. The number of nitrogens with one attached hydrogen (secondary N) is 2. The van der Waals surface area contributed by atoms with E-state index in [0.717, 1.165) is 31.0 Å². The number of nitrogens with zero attached hydrogens (tertiary/aromatic N) is 5. The zero-order chi connectivity index (χ0) is 16.2. The number of rotatable bonds is 5. The molecule has 4 rings (SSSR count). The second kappa shape index (κ2) is 6.76. The van der Waals surface area contributed by atoms with Crippen molar-refractivity contribution in [1.82, 2.24) is 29.8 Å². The molecule has 1 fully saturated rings. The molecule has 0 spiro atoms. The fraction of sp³-hybridized carbons (Fsp3) is 0.294. The number of H-pyrrole nitrogens is 1. The van der Waals surface area contributed by atoms with E-state index in [-0.39, 0.29) is 0 Å². The molecule has 0 radical (unpaired) electrons. The Hall–Kier alpha value is -2.80. The van der Waals surface area contributed by atoms with Crippen LogP contribution in [0.1, 0.15) is 30.1 Å². The molecule has 0 saturated carbocycles. The number of anilines is 2. The molecule has 0 aromatic carbocycles. The van der Waals surface area contributed by atoms with Crippen molar-refractivity contribution in [2.45, 2.75) is 25.4 Å². The highest BCUT2D eigenvalue weighted by atomic mass is 15.2. The molecule has 1 aliphatic heterocycles. The van der Waals surface area contributed by atoms with Crippen LogP contribution in [0.4, 0.5) is 11.6 Å². The molecule has 7 nitrogen and oxygen atoms in total. The minimum atomic E-state index is 0.402. The first-order chi connectivity index (χ1) is 11.9. The summed E-state index contributed by atoms with van der Waals surface area (Å²) in [5, 5.41) is 3.21. The SMILES string of the molecule is c1cnc(Nc2cc([C@H]3CCCN3Cc3cnc[nH]3)ccn2)cn1. The van der Waals surface area contributed by atoms with E-state index in [0.29, 0.717) is 11.9 Å². The fourth-order valence-electron chi connectivity index (χ4n) is 3.20. The molecule has 0 aliphatic carbocycles. The lowest BCUT2D eigenvalue weighted by Gasteiger charge is -2.24. The summed E-state index contributed by atoms with van der Waals surface area (Å²) in [4.78, 5) is 22.5. The van der Waals surface area contributed by atoms with Crippen molar-refractivity contribution in [3.8, 4) is 0 Å². The molecule has 122 valence electrons. The third kappa shape index (κ3) is 3.26. The third-order valence-electron chi connectivity index (χ3n) is 4.28. The zero-order valence-electron chi connectivity index (χ0n) is 13.3. The predicted molar refractivity (Wildman–Crippen MR) is 90.5 cm³/mol. The molecule has 24 heavy (non-hydrogen) atoms. The number of imidazole rings is 1. The zero-order valence-corrected chi connectivity index (χ0v) is 13.3. The van der Waals surface area contributed by atoms with Crippen molar-refractivity contribution >= 4 is 11.6 Å². The summed E-state index contributed by atoms with van der Waals surface area (Å²) in [7, 11) is 0. The van der Waals surface area contributed by atoms with Crippen LogP contribution in [-0.2, 0) is 6.54 Å². The van der Waals surface area contributed by atoms with Crippen molar-refractivity contribution < 1.29 is 0 Å². The lowest BCUT2D eigenvalue weighted by molar-refractivity contribution is 0.246. The summed E-state index contributed by atoms with van der Waals surface area (Å²) >= 11 is 0. The first-order valence-corrected chi connectivity index (χ1v) is 8.09. The lowest BCUT2D eigenvalue weighted by atomic mass is 10.1. The molecular formula is C17H19N7. The first-order valence-electron chi connectivity index (χ1n) is 8.09. The molecule has 2 N–H and O–H groups in total. The average molecular weight is 321 g/mol. The molecule has 0 unspecified atom stereocenters.